The van der Waals surface area contributed by atoms with E-state index in [1.807, 2.05) is 19.1 Å². The lowest BCUT2D eigenvalue weighted by Crippen LogP contribution is -1.86. The average Bonchev–Trinajstić information content (AvgIpc) is 2.28. The molecule has 0 radical (unpaired) electrons. The quantitative estimate of drug-likeness (QED) is 0.664. The van der Waals surface area contributed by atoms with Crippen molar-refractivity contribution in [1.29, 1.82) is 0 Å². The monoisotopic (exact) mass is 271 g/mol. The fourth-order valence-corrected chi connectivity index (χ4v) is 2.15. The molecule has 0 bridgehead atoms. The number of benzene rings is 1. The van der Waals surface area contributed by atoms with Gasteiger partial charge < -0.3 is 0 Å². The Kier molecular flexibility index (Phi) is 3.38. The lowest BCUT2D eigenvalue weighted by molar-refractivity contribution is 1.27. The number of aryl methyl sites for hydroxylation is 1. The minimum atomic E-state index is 0.386. The highest BCUT2D eigenvalue weighted by molar-refractivity contribution is 6.49. The molecule has 4 heteroatoms. The molecule has 0 saturated heterocycles. The van der Waals surface area contributed by atoms with Crippen LogP contribution in [0, 0.1) is 6.92 Å². The average molecular weight is 273 g/mol. The van der Waals surface area contributed by atoms with Crippen LogP contribution in [0.1, 0.15) is 5.56 Å². The third kappa shape index (κ3) is 2.03. The molecule has 0 N–H and O–H groups in total. The maximum absolute atomic E-state index is 6.17. The van der Waals surface area contributed by atoms with E-state index in [1.165, 1.54) is 0 Å². The Balaban J connectivity index is 2.66. The number of hydrogen-bond donors (Lipinski definition) is 0. The molecule has 1 nitrogen and oxygen atoms in total. The summed E-state index contributed by atoms with van der Waals surface area (Å²) in [4.78, 5) is 4.04. The Labute approximate surface area is 109 Å². The van der Waals surface area contributed by atoms with Crippen LogP contribution in [0.5, 0.6) is 0 Å². The van der Waals surface area contributed by atoms with Gasteiger partial charge in [-0.3, -0.25) is 4.98 Å². The van der Waals surface area contributed by atoms with Crippen LogP contribution in [0.2, 0.25) is 15.1 Å². The minimum Gasteiger partial charge on any atom is -0.264 e. The predicted molar refractivity (Wildman–Crippen MR) is 69.4 cm³/mol. The van der Waals surface area contributed by atoms with Gasteiger partial charge in [-0.05, 0) is 30.2 Å². The van der Waals surface area contributed by atoms with Crippen molar-refractivity contribution in [3.05, 3.63) is 51.2 Å². The van der Waals surface area contributed by atoms with Gasteiger partial charge >= 0.3 is 0 Å². The highest BCUT2D eigenvalue weighted by Gasteiger charge is 2.11. The zero-order valence-electron chi connectivity index (χ0n) is 8.47. The summed E-state index contributed by atoms with van der Waals surface area (Å²) in [6.45, 7) is 1.97. The van der Waals surface area contributed by atoms with Crippen molar-refractivity contribution < 1.29 is 0 Å². The summed E-state index contributed by atoms with van der Waals surface area (Å²) in [6, 6.07) is 5.50. The normalized spacial score (nSPS) is 10.5. The van der Waals surface area contributed by atoms with Crippen LogP contribution in [0.25, 0.3) is 11.1 Å². The third-order valence-corrected chi connectivity index (χ3v) is 3.64. The SMILES string of the molecule is Cc1cnccc1-c1ccc(Cl)c(Cl)c1Cl. The van der Waals surface area contributed by atoms with Crippen LogP contribution in [0.15, 0.2) is 30.6 Å². The van der Waals surface area contributed by atoms with Crippen LogP contribution in [0.4, 0.5) is 0 Å². The standard InChI is InChI=1S/C12H8Cl3N/c1-7-6-16-5-4-8(7)9-2-3-10(13)12(15)11(9)14/h2-6H,1H3. The van der Waals surface area contributed by atoms with E-state index in [-0.39, 0.29) is 0 Å². The Bertz CT molecular complexity index is 538. The molecule has 2 rings (SSSR count). The van der Waals surface area contributed by atoms with E-state index in [2.05, 4.69) is 4.98 Å². The molecule has 16 heavy (non-hydrogen) atoms. The molecule has 0 unspecified atom stereocenters. The first-order valence-electron chi connectivity index (χ1n) is 4.65. The molecule has 0 aliphatic carbocycles. The third-order valence-electron chi connectivity index (χ3n) is 2.35. The van der Waals surface area contributed by atoms with Crippen molar-refractivity contribution in [3.63, 3.8) is 0 Å². The molecule has 0 atom stereocenters. The predicted octanol–water partition coefficient (Wildman–Crippen LogP) is 5.02. The number of hydrogen-bond acceptors (Lipinski definition) is 1. The zero-order valence-corrected chi connectivity index (χ0v) is 10.7. The summed E-state index contributed by atoms with van der Waals surface area (Å²) < 4.78 is 0. The molecule has 0 fully saturated rings. The van der Waals surface area contributed by atoms with Gasteiger partial charge in [0, 0.05) is 18.0 Å². The van der Waals surface area contributed by atoms with E-state index in [4.69, 9.17) is 34.8 Å². The van der Waals surface area contributed by atoms with Crippen LogP contribution in [0.3, 0.4) is 0 Å². The first-order chi connectivity index (χ1) is 7.61. The smallest absolute Gasteiger partial charge is 0.0784 e. The van der Waals surface area contributed by atoms with Crippen molar-refractivity contribution in [2.45, 2.75) is 6.92 Å². The van der Waals surface area contributed by atoms with Gasteiger partial charge in [-0.2, -0.15) is 0 Å². The first-order valence-corrected chi connectivity index (χ1v) is 5.79. The summed E-state index contributed by atoms with van der Waals surface area (Å²) >= 11 is 18.1. The Hall–Kier alpha value is -0.760. The Morgan fingerprint density at radius 3 is 2.38 bits per heavy atom. The van der Waals surface area contributed by atoms with Gasteiger partial charge in [0.05, 0.1) is 15.1 Å². The first kappa shape index (κ1) is 11.7. The Morgan fingerprint density at radius 2 is 1.69 bits per heavy atom. The van der Waals surface area contributed by atoms with Crippen molar-refractivity contribution in [3.8, 4) is 11.1 Å². The second-order valence-electron chi connectivity index (χ2n) is 3.41. The second kappa shape index (κ2) is 4.62. The number of rotatable bonds is 1. The van der Waals surface area contributed by atoms with E-state index in [9.17, 15) is 0 Å². The molecular formula is C12H8Cl3N. The lowest BCUT2D eigenvalue weighted by atomic mass is 10.0. The topological polar surface area (TPSA) is 12.9 Å². The van der Waals surface area contributed by atoms with Gasteiger partial charge in [-0.25, -0.2) is 0 Å². The molecule has 1 heterocycles. The van der Waals surface area contributed by atoms with Crippen molar-refractivity contribution in [1.82, 2.24) is 4.98 Å². The van der Waals surface area contributed by atoms with Crippen molar-refractivity contribution in [2.75, 3.05) is 0 Å². The van der Waals surface area contributed by atoms with E-state index in [0.29, 0.717) is 15.1 Å². The summed E-state index contributed by atoms with van der Waals surface area (Å²) in [5.74, 6) is 0. The van der Waals surface area contributed by atoms with Crippen LogP contribution >= 0.6 is 34.8 Å². The summed E-state index contributed by atoms with van der Waals surface area (Å²) in [5, 5.41) is 1.32. The molecule has 0 saturated carbocycles. The zero-order chi connectivity index (χ0) is 11.7. The molecule has 1 aromatic carbocycles. The molecule has 0 amide bonds. The van der Waals surface area contributed by atoms with Crippen molar-refractivity contribution >= 4 is 34.8 Å². The van der Waals surface area contributed by atoms with E-state index in [1.54, 1.807) is 18.5 Å². The molecule has 0 aliphatic heterocycles. The highest BCUT2D eigenvalue weighted by Crippen LogP contribution is 2.38. The van der Waals surface area contributed by atoms with Gasteiger partial charge in [0.25, 0.3) is 0 Å². The lowest BCUT2D eigenvalue weighted by Gasteiger charge is -2.09. The van der Waals surface area contributed by atoms with Crippen LogP contribution < -0.4 is 0 Å². The molecule has 0 aliphatic rings. The number of aromatic nitrogens is 1. The van der Waals surface area contributed by atoms with Crippen LogP contribution in [-0.4, -0.2) is 4.98 Å². The van der Waals surface area contributed by atoms with Gasteiger partial charge in [0.15, 0.2) is 0 Å². The van der Waals surface area contributed by atoms with Gasteiger partial charge in [-0.1, -0.05) is 40.9 Å². The summed E-state index contributed by atoms with van der Waals surface area (Å²) in [5.41, 5.74) is 2.93. The number of halogens is 3. The van der Waals surface area contributed by atoms with Crippen LogP contribution in [-0.2, 0) is 0 Å². The van der Waals surface area contributed by atoms with E-state index in [0.717, 1.165) is 16.7 Å². The fraction of sp³-hybridized carbons (Fsp3) is 0.0833. The van der Waals surface area contributed by atoms with Gasteiger partial charge in [0.2, 0.25) is 0 Å². The largest absolute Gasteiger partial charge is 0.264 e. The summed E-state index contributed by atoms with van der Waals surface area (Å²) in [7, 11) is 0. The molecular weight excluding hydrogens is 264 g/mol. The molecule has 1 aromatic heterocycles. The fourth-order valence-electron chi connectivity index (χ4n) is 1.51. The minimum absolute atomic E-state index is 0.386. The molecule has 2 aromatic rings. The number of nitrogens with zero attached hydrogens (tertiary/aromatic N) is 1. The highest BCUT2D eigenvalue weighted by atomic mass is 35.5. The molecule has 0 spiro atoms. The maximum atomic E-state index is 6.17. The van der Waals surface area contributed by atoms with E-state index < -0.39 is 0 Å². The maximum Gasteiger partial charge on any atom is 0.0784 e. The van der Waals surface area contributed by atoms with Gasteiger partial charge in [-0.15, -0.1) is 0 Å². The van der Waals surface area contributed by atoms with Crippen molar-refractivity contribution in [2.24, 2.45) is 0 Å². The second-order valence-corrected chi connectivity index (χ2v) is 4.58. The van der Waals surface area contributed by atoms with E-state index >= 15 is 0 Å². The van der Waals surface area contributed by atoms with Gasteiger partial charge in [0.1, 0.15) is 0 Å². The molecule has 82 valence electrons. The summed E-state index contributed by atoms with van der Waals surface area (Å²) in [6.07, 6.45) is 3.51. The Morgan fingerprint density at radius 1 is 0.938 bits per heavy atom. The number of pyridine rings is 1.